The first-order valence-electron chi connectivity index (χ1n) is 8.87. The zero-order valence-corrected chi connectivity index (χ0v) is 14.8. The van der Waals surface area contributed by atoms with Crippen LogP contribution in [0.1, 0.15) is 38.3 Å². The van der Waals surface area contributed by atoms with Crippen molar-refractivity contribution in [2.24, 2.45) is 5.92 Å². The molecular weight excluding hydrogens is 286 g/mol. The van der Waals surface area contributed by atoms with E-state index in [2.05, 4.69) is 59.4 Å². The van der Waals surface area contributed by atoms with Crippen molar-refractivity contribution < 1.29 is 4.79 Å². The lowest BCUT2D eigenvalue weighted by molar-refractivity contribution is -0.124. The molecule has 1 aromatic carbocycles. The number of hydrogen-bond donors (Lipinski definition) is 1. The lowest BCUT2D eigenvalue weighted by Crippen LogP contribution is -2.47. The highest BCUT2D eigenvalue weighted by atomic mass is 16.1. The normalized spacial score (nSPS) is 21.1. The van der Waals surface area contributed by atoms with Gasteiger partial charge in [0.2, 0.25) is 5.91 Å². The molecular formula is C19H31N3O. The van der Waals surface area contributed by atoms with Gasteiger partial charge < -0.3 is 10.2 Å². The maximum absolute atomic E-state index is 11.8. The van der Waals surface area contributed by atoms with E-state index < -0.39 is 0 Å². The second kappa shape index (κ2) is 9.04. The second-order valence-electron chi connectivity index (χ2n) is 6.68. The van der Waals surface area contributed by atoms with Gasteiger partial charge in [-0.05, 0) is 25.5 Å². The van der Waals surface area contributed by atoms with Crippen molar-refractivity contribution in [3.63, 3.8) is 0 Å². The number of piperazine rings is 1. The number of rotatable bonds is 7. The lowest BCUT2D eigenvalue weighted by Gasteiger charge is -2.40. The van der Waals surface area contributed by atoms with Crippen molar-refractivity contribution in [2.45, 2.75) is 32.7 Å². The van der Waals surface area contributed by atoms with Gasteiger partial charge in [0, 0.05) is 44.7 Å². The van der Waals surface area contributed by atoms with Crippen LogP contribution in [0.2, 0.25) is 0 Å². The highest BCUT2D eigenvalue weighted by molar-refractivity contribution is 5.78. The average molecular weight is 317 g/mol. The molecule has 2 atom stereocenters. The molecule has 0 saturated carbocycles. The molecule has 23 heavy (non-hydrogen) atoms. The summed E-state index contributed by atoms with van der Waals surface area (Å²) in [5, 5.41) is 3.06. The van der Waals surface area contributed by atoms with Crippen LogP contribution >= 0.6 is 0 Å². The summed E-state index contributed by atoms with van der Waals surface area (Å²) in [5.74, 6) is 0.307. The molecule has 1 N–H and O–H groups in total. The summed E-state index contributed by atoms with van der Waals surface area (Å²) in [5.41, 5.74) is 1.39. The molecule has 1 aromatic rings. The third kappa shape index (κ3) is 5.33. The largest absolute Gasteiger partial charge is 0.356 e. The van der Waals surface area contributed by atoms with Crippen LogP contribution in [-0.2, 0) is 4.79 Å². The van der Waals surface area contributed by atoms with Crippen molar-refractivity contribution in [3.05, 3.63) is 35.9 Å². The zero-order chi connectivity index (χ0) is 16.7. The summed E-state index contributed by atoms with van der Waals surface area (Å²) in [6, 6.07) is 11.2. The summed E-state index contributed by atoms with van der Waals surface area (Å²) < 4.78 is 0. The Hall–Kier alpha value is -1.39. The van der Waals surface area contributed by atoms with E-state index in [9.17, 15) is 4.79 Å². The minimum Gasteiger partial charge on any atom is -0.356 e. The lowest BCUT2D eigenvalue weighted by atomic mass is 10.0. The maximum Gasteiger partial charge on any atom is 0.222 e. The molecule has 0 spiro atoms. The third-order valence-electron chi connectivity index (χ3n) is 4.86. The molecule has 128 valence electrons. The van der Waals surface area contributed by atoms with Gasteiger partial charge in [-0.3, -0.25) is 9.69 Å². The van der Waals surface area contributed by atoms with Crippen molar-refractivity contribution in [1.29, 1.82) is 0 Å². The van der Waals surface area contributed by atoms with E-state index in [1.165, 1.54) is 5.56 Å². The molecule has 1 aliphatic rings. The molecule has 2 rings (SSSR count). The summed E-state index contributed by atoms with van der Waals surface area (Å²) in [7, 11) is 2.19. The molecule has 1 saturated heterocycles. The Morgan fingerprint density at radius 1 is 1.30 bits per heavy atom. The Bertz CT molecular complexity index is 477. The van der Waals surface area contributed by atoms with Crippen LogP contribution in [0.25, 0.3) is 0 Å². The number of carbonyl (C=O) groups excluding carboxylic acids is 1. The number of hydrogen-bond acceptors (Lipinski definition) is 3. The van der Waals surface area contributed by atoms with E-state index in [1.54, 1.807) is 0 Å². The van der Waals surface area contributed by atoms with Crippen molar-refractivity contribution >= 4 is 5.91 Å². The van der Waals surface area contributed by atoms with E-state index in [-0.39, 0.29) is 11.8 Å². The van der Waals surface area contributed by atoms with Crippen LogP contribution in [0, 0.1) is 5.92 Å². The molecule has 1 fully saturated rings. The Morgan fingerprint density at radius 2 is 2.04 bits per heavy atom. The Labute approximate surface area is 140 Å². The standard InChI is InChI=1S/C19H31N3O/c1-4-16(2)19(23)20-11-8-12-22-14-13-21(3)15-18(22)17-9-6-5-7-10-17/h5-7,9-10,16,18H,4,8,11-15H2,1-3H3,(H,20,23)/t16-,18-/m1/s1. The molecule has 0 aliphatic carbocycles. The summed E-state index contributed by atoms with van der Waals surface area (Å²) in [6.07, 6.45) is 1.91. The average Bonchev–Trinajstić information content (AvgIpc) is 2.59. The van der Waals surface area contributed by atoms with Gasteiger partial charge in [0.1, 0.15) is 0 Å². The van der Waals surface area contributed by atoms with Gasteiger partial charge in [-0.1, -0.05) is 44.2 Å². The van der Waals surface area contributed by atoms with Crippen LogP contribution in [-0.4, -0.2) is 55.5 Å². The third-order valence-corrected chi connectivity index (χ3v) is 4.86. The Balaban J connectivity index is 1.84. The SMILES string of the molecule is CC[C@@H](C)C(=O)NCCCN1CCN(C)C[C@@H]1c1ccccc1. The fourth-order valence-corrected chi connectivity index (χ4v) is 3.07. The van der Waals surface area contributed by atoms with E-state index in [1.807, 2.05) is 6.92 Å². The highest BCUT2D eigenvalue weighted by Gasteiger charge is 2.25. The molecule has 1 aliphatic heterocycles. The minimum absolute atomic E-state index is 0.121. The number of likely N-dealkylation sites (N-methyl/N-ethyl adjacent to an activating group) is 1. The van der Waals surface area contributed by atoms with Gasteiger partial charge in [-0.15, -0.1) is 0 Å². The first kappa shape index (κ1) is 18.0. The summed E-state index contributed by atoms with van der Waals surface area (Å²) >= 11 is 0. The molecule has 1 amide bonds. The van der Waals surface area contributed by atoms with E-state index in [0.29, 0.717) is 6.04 Å². The minimum atomic E-state index is 0.121. The van der Waals surface area contributed by atoms with Crippen LogP contribution in [0.5, 0.6) is 0 Å². The van der Waals surface area contributed by atoms with Gasteiger partial charge in [0.05, 0.1) is 0 Å². The zero-order valence-electron chi connectivity index (χ0n) is 14.8. The predicted molar refractivity (Wildman–Crippen MR) is 95.3 cm³/mol. The van der Waals surface area contributed by atoms with Gasteiger partial charge in [-0.25, -0.2) is 0 Å². The number of amides is 1. The fraction of sp³-hybridized carbons (Fsp3) is 0.632. The molecule has 0 aromatic heterocycles. The fourth-order valence-electron chi connectivity index (χ4n) is 3.07. The van der Waals surface area contributed by atoms with Crippen molar-refractivity contribution in [2.75, 3.05) is 39.8 Å². The summed E-state index contributed by atoms with van der Waals surface area (Å²) in [6.45, 7) is 9.13. The topological polar surface area (TPSA) is 35.6 Å². The number of nitrogens with zero attached hydrogens (tertiary/aromatic N) is 2. The predicted octanol–water partition coefficient (Wildman–Crippen LogP) is 2.53. The van der Waals surface area contributed by atoms with Crippen molar-refractivity contribution in [1.82, 2.24) is 15.1 Å². The number of benzene rings is 1. The molecule has 0 bridgehead atoms. The van der Waals surface area contributed by atoms with Gasteiger partial charge in [-0.2, -0.15) is 0 Å². The molecule has 4 nitrogen and oxygen atoms in total. The van der Waals surface area contributed by atoms with Crippen LogP contribution in [0.3, 0.4) is 0 Å². The monoisotopic (exact) mass is 317 g/mol. The number of nitrogens with one attached hydrogen (secondary N) is 1. The van der Waals surface area contributed by atoms with Crippen LogP contribution < -0.4 is 5.32 Å². The molecule has 4 heteroatoms. The quantitative estimate of drug-likeness (QED) is 0.785. The second-order valence-corrected chi connectivity index (χ2v) is 6.68. The van der Waals surface area contributed by atoms with Gasteiger partial charge in [0.25, 0.3) is 0 Å². The van der Waals surface area contributed by atoms with Gasteiger partial charge >= 0.3 is 0 Å². The van der Waals surface area contributed by atoms with Crippen LogP contribution in [0.15, 0.2) is 30.3 Å². The number of carbonyl (C=O) groups is 1. The van der Waals surface area contributed by atoms with Crippen molar-refractivity contribution in [3.8, 4) is 0 Å². The molecule has 0 radical (unpaired) electrons. The first-order chi connectivity index (χ1) is 11.1. The first-order valence-corrected chi connectivity index (χ1v) is 8.87. The molecule has 1 heterocycles. The maximum atomic E-state index is 11.8. The Morgan fingerprint density at radius 3 is 2.74 bits per heavy atom. The molecule has 0 unspecified atom stereocenters. The Kier molecular flexibility index (Phi) is 7.06. The van der Waals surface area contributed by atoms with Gasteiger partial charge in [0.15, 0.2) is 0 Å². The highest BCUT2D eigenvalue weighted by Crippen LogP contribution is 2.24. The smallest absolute Gasteiger partial charge is 0.222 e. The summed E-state index contributed by atoms with van der Waals surface area (Å²) in [4.78, 5) is 16.8. The van der Waals surface area contributed by atoms with E-state index in [4.69, 9.17) is 0 Å². The van der Waals surface area contributed by atoms with Crippen LogP contribution in [0.4, 0.5) is 0 Å². The van der Waals surface area contributed by atoms with E-state index in [0.717, 1.165) is 45.6 Å². The van der Waals surface area contributed by atoms with E-state index >= 15 is 0 Å².